The van der Waals surface area contributed by atoms with Gasteiger partial charge in [-0.25, -0.2) is 5.84 Å². The first-order valence-electron chi connectivity index (χ1n) is 8.74. The third-order valence-corrected chi connectivity index (χ3v) is 5.67. The Balaban J connectivity index is 1.87. The Hall–Kier alpha value is -1.03. The molecule has 0 radical (unpaired) electrons. The summed E-state index contributed by atoms with van der Waals surface area (Å²) in [5.74, 6) is 7.78. The molecule has 2 fully saturated rings. The molecular weight excluding hydrogens is 276 g/mol. The Labute approximate surface area is 135 Å². The molecule has 2 rings (SSSR count). The van der Waals surface area contributed by atoms with E-state index in [1.54, 1.807) is 6.92 Å². The van der Waals surface area contributed by atoms with Gasteiger partial charge in [0.1, 0.15) is 0 Å². The average Bonchev–Trinajstić information content (AvgIpc) is 2.55. The first-order valence-corrected chi connectivity index (χ1v) is 8.74. The van der Waals surface area contributed by atoms with Crippen LogP contribution < -0.4 is 5.84 Å². The third-order valence-electron chi connectivity index (χ3n) is 5.67. The van der Waals surface area contributed by atoms with Gasteiger partial charge in [0.15, 0.2) is 6.61 Å². The van der Waals surface area contributed by atoms with E-state index >= 15 is 0 Å². The molecule has 0 aliphatic heterocycles. The van der Waals surface area contributed by atoms with Gasteiger partial charge in [-0.1, -0.05) is 32.8 Å². The number of ether oxygens (including phenoxy) is 1. The average molecular weight is 308 g/mol. The lowest BCUT2D eigenvalue weighted by molar-refractivity contribution is -0.136. The van der Waals surface area contributed by atoms with E-state index in [1.807, 2.05) is 0 Å². The highest BCUT2D eigenvalue weighted by Crippen LogP contribution is 2.50. The van der Waals surface area contributed by atoms with Gasteiger partial charge in [0.2, 0.25) is 0 Å². The summed E-state index contributed by atoms with van der Waals surface area (Å²) in [6, 6.07) is 0. The largest absolute Gasteiger partial charge is 0.489 e. The molecule has 0 aromatic rings. The molecule has 2 atom stereocenters. The fourth-order valence-corrected chi connectivity index (χ4v) is 4.11. The molecule has 0 saturated heterocycles. The van der Waals surface area contributed by atoms with E-state index < -0.39 is 0 Å². The molecule has 2 N–H and O–H groups in total. The summed E-state index contributed by atoms with van der Waals surface area (Å²) in [4.78, 5) is 12.0. The molecule has 0 aromatic carbocycles. The second-order valence-corrected chi connectivity index (χ2v) is 7.63. The SMILES string of the molecule is C=C(C)OCC(=O)N(N)CC1CCCCC(C)(C2CCC2)C1. The summed E-state index contributed by atoms with van der Waals surface area (Å²) < 4.78 is 5.18. The van der Waals surface area contributed by atoms with E-state index in [4.69, 9.17) is 10.6 Å². The summed E-state index contributed by atoms with van der Waals surface area (Å²) in [6.07, 6.45) is 10.5. The fourth-order valence-electron chi connectivity index (χ4n) is 4.11. The number of hydrogen-bond donors (Lipinski definition) is 1. The molecule has 2 saturated carbocycles. The van der Waals surface area contributed by atoms with Crippen LogP contribution in [-0.2, 0) is 9.53 Å². The van der Waals surface area contributed by atoms with Crippen molar-refractivity contribution in [2.75, 3.05) is 13.2 Å². The van der Waals surface area contributed by atoms with Crippen molar-refractivity contribution < 1.29 is 9.53 Å². The molecule has 22 heavy (non-hydrogen) atoms. The maximum absolute atomic E-state index is 12.0. The lowest BCUT2D eigenvalue weighted by Crippen LogP contribution is -2.44. The number of amides is 1. The van der Waals surface area contributed by atoms with Crippen LogP contribution in [0, 0.1) is 17.3 Å². The number of allylic oxidation sites excluding steroid dienone is 1. The van der Waals surface area contributed by atoms with Crippen molar-refractivity contribution in [1.82, 2.24) is 5.01 Å². The first kappa shape index (κ1) is 17.3. The van der Waals surface area contributed by atoms with Gasteiger partial charge in [-0.3, -0.25) is 9.80 Å². The van der Waals surface area contributed by atoms with Gasteiger partial charge in [0.25, 0.3) is 5.91 Å². The number of hydrazine groups is 1. The lowest BCUT2D eigenvalue weighted by atomic mass is 9.62. The van der Waals surface area contributed by atoms with Crippen LogP contribution in [0.4, 0.5) is 0 Å². The highest BCUT2D eigenvalue weighted by atomic mass is 16.5. The Kier molecular flexibility index (Phi) is 5.90. The van der Waals surface area contributed by atoms with E-state index in [0.29, 0.717) is 23.6 Å². The predicted octanol–water partition coefficient (Wildman–Crippen LogP) is 3.63. The molecule has 2 unspecified atom stereocenters. The second kappa shape index (κ2) is 7.49. The van der Waals surface area contributed by atoms with Crippen LogP contribution in [-0.4, -0.2) is 24.1 Å². The quantitative estimate of drug-likeness (QED) is 0.268. The Morgan fingerprint density at radius 3 is 2.64 bits per heavy atom. The molecule has 2 aliphatic rings. The molecule has 0 heterocycles. The van der Waals surface area contributed by atoms with Crippen LogP contribution in [0.3, 0.4) is 0 Å². The summed E-state index contributed by atoms with van der Waals surface area (Å²) in [7, 11) is 0. The number of hydrogen-bond acceptors (Lipinski definition) is 3. The molecule has 0 spiro atoms. The van der Waals surface area contributed by atoms with Gasteiger partial charge in [0, 0.05) is 6.54 Å². The van der Waals surface area contributed by atoms with Crippen molar-refractivity contribution in [3.63, 3.8) is 0 Å². The summed E-state index contributed by atoms with van der Waals surface area (Å²) in [5.41, 5.74) is 0.456. The normalized spacial score (nSPS) is 29.3. The van der Waals surface area contributed by atoms with Crippen LogP contribution in [0.1, 0.15) is 65.2 Å². The van der Waals surface area contributed by atoms with Gasteiger partial charge in [-0.2, -0.15) is 0 Å². The van der Waals surface area contributed by atoms with E-state index in [2.05, 4.69) is 13.5 Å². The van der Waals surface area contributed by atoms with Crippen molar-refractivity contribution in [1.29, 1.82) is 0 Å². The van der Waals surface area contributed by atoms with Crippen molar-refractivity contribution in [3.05, 3.63) is 12.3 Å². The Bertz CT molecular complexity index is 406. The van der Waals surface area contributed by atoms with Crippen LogP contribution in [0.25, 0.3) is 0 Å². The summed E-state index contributed by atoms with van der Waals surface area (Å²) in [6.45, 7) is 8.49. The number of rotatable bonds is 6. The zero-order valence-electron chi connectivity index (χ0n) is 14.3. The Morgan fingerprint density at radius 1 is 1.32 bits per heavy atom. The number of nitrogens with zero attached hydrogens (tertiary/aromatic N) is 1. The molecule has 1 amide bonds. The molecule has 0 bridgehead atoms. The van der Waals surface area contributed by atoms with Gasteiger partial charge in [0.05, 0.1) is 5.76 Å². The van der Waals surface area contributed by atoms with Crippen LogP contribution in [0.5, 0.6) is 0 Å². The minimum atomic E-state index is -0.155. The monoisotopic (exact) mass is 308 g/mol. The maximum atomic E-state index is 12.0. The highest BCUT2D eigenvalue weighted by Gasteiger charge is 2.40. The summed E-state index contributed by atoms with van der Waals surface area (Å²) in [5, 5.41) is 1.36. The van der Waals surface area contributed by atoms with Gasteiger partial charge >= 0.3 is 0 Å². The standard InChI is InChI=1S/C18H32N2O2/c1-14(2)22-13-17(21)20(19)12-15-7-4-5-10-18(3,11-15)16-8-6-9-16/h15-16H,1,4-13,19H2,2-3H3. The zero-order chi connectivity index (χ0) is 16.2. The number of carbonyl (C=O) groups is 1. The zero-order valence-corrected chi connectivity index (χ0v) is 14.3. The highest BCUT2D eigenvalue weighted by molar-refractivity contribution is 5.76. The fraction of sp³-hybridized carbons (Fsp3) is 0.833. The lowest BCUT2D eigenvalue weighted by Gasteiger charge is -2.44. The molecule has 126 valence electrons. The van der Waals surface area contributed by atoms with Crippen LogP contribution >= 0.6 is 0 Å². The molecule has 4 nitrogen and oxygen atoms in total. The van der Waals surface area contributed by atoms with Gasteiger partial charge in [-0.05, 0) is 56.3 Å². The molecule has 4 heteroatoms. The number of carbonyl (C=O) groups excluding carboxylic acids is 1. The number of nitrogens with two attached hydrogens (primary N) is 1. The van der Waals surface area contributed by atoms with E-state index in [-0.39, 0.29) is 12.5 Å². The Morgan fingerprint density at radius 2 is 2.05 bits per heavy atom. The molecular formula is C18H32N2O2. The van der Waals surface area contributed by atoms with Crippen LogP contribution in [0.2, 0.25) is 0 Å². The van der Waals surface area contributed by atoms with Crippen molar-refractivity contribution in [2.24, 2.45) is 23.1 Å². The smallest absolute Gasteiger partial charge is 0.274 e. The molecule has 0 aromatic heterocycles. The first-order chi connectivity index (χ1) is 10.4. The van der Waals surface area contributed by atoms with E-state index in [0.717, 1.165) is 5.92 Å². The molecule has 2 aliphatic carbocycles. The topological polar surface area (TPSA) is 55.6 Å². The second-order valence-electron chi connectivity index (χ2n) is 7.63. The minimum absolute atomic E-state index is 0.00154. The van der Waals surface area contributed by atoms with Crippen molar-refractivity contribution >= 4 is 5.91 Å². The van der Waals surface area contributed by atoms with Gasteiger partial charge < -0.3 is 4.74 Å². The van der Waals surface area contributed by atoms with E-state index in [1.165, 1.54) is 56.4 Å². The van der Waals surface area contributed by atoms with Crippen molar-refractivity contribution in [3.8, 4) is 0 Å². The minimum Gasteiger partial charge on any atom is -0.489 e. The van der Waals surface area contributed by atoms with Gasteiger partial charge in [-0.15, -0.1) is 0 Å². The summed E-state index contributed by atoms with van der Waals surface area (Å²) >= 11 is 0. The van der Waals surface area contributed by atoms with Crippen LogP contribution in [0.15, 0.2) is 12.3 Å². The third kappa shape index (κ3) is 4.48. The van der Waals surface area contributed by atoms with Crippen molar-refractivity contribution in [2.45, 2.75) is 65.2 Å². The maximum Gasteiger partial charge on any atom is 0.274 e. The predicted molar refractivity (Wildman–Crippen MR) is 88.7 cm³/mol. The van der Waals surface area contributed by atoms with E-state index in [9.17, 15) is 4.79 Å².